The fourth-order valence-electron chi connectivity index (χ4n) is 3.56. The smallest absolute Gasteiger partial charge is 0.341 e. The Labute approximate surface area is 184 Å². The second-order valence-corrected chi connectivity index (χ2v) is 7.39. The zero-order valence-electron chi connectivity index (χ0n) is 17.7. The van der Waals surface area contributed by atoms with Gasteiger partial charge < -0.3 is 19.6 Å². The van der Waals surface area contributed by atoms with Crippen molar-refractivity contribution in [2.75, 3.05) is 6.61 Å². The third-order valence-electron chi connectivity index (χ3n) is 5.21. The van der Waals surface area contributed by atoms with Gasteiger partial charge in [-0.1, -0.05) is 35.5 Å². The van der Waals surface area contributed by atoms with E-state index in [0.29, 0.717) is 16.8 Å². The maximum atomic E-state index is 15.1. The molecule has 0 spiro atoms. The number of oxime groups is 1. The number of pyridine rings is 1. The van der Waals surface area contributed by atoms with Crippen LogP contribution in [0, 0.1) is 12.7 Å². The van der Waals surface area contributed by atoms with Crippen molar-refractivity contribution in [3.8, 4) is 5.75 Å². The second-order valence-electron chi connectivity index (χ2n) is 7.39. The molecule has 32 heavy (non-hydrogen) atoms. The molecule has 7 nitrogen and oxygen atoms in total. The standard InChI is InChI=1S/C24H23FN2O5/c1-15-5-3-4-6-18(15)20(12-22(26-31)16-7-10-23(28)27(2)13-16)19-9-8-17(11-21(19)25)32-14-24(29)30/h3-11,13,20,31H,12,14H2,1-2H3,(H,29,30). The molecule has 1 aromatic heterocycles. The number of hydrogen-bond acceptors (Lipinski definition) is 5. The Balaban J connectivity index is 2.03. The highest BCUT2D eigenvalue weighted by Crippen LogP contribution is 2.34. The van der Waals surface area contributed by atoms with Gasteiger partial charge in [0.1, 0.15) is 11.6 Å². The molecule has 8 heteroatoms. The van der Waals surface area contributed by atoms with Gasteiger partial charge in [-0.2, -0.15) is 0 Å². The largest absolute Gasteiger partial charge is 0.482 e. The maximum Gasteiger partial charge on any atom is 0.341 e. The summed E-state index contributed by atoms with van der Waals surface area (Å²) in [6.45, 7) is 1.33. The van der Waals surface area contributed by atoms with E-state index in [9.17, 15) is 14.8 Å². The van der Waals surface area contributed by atoms with E-state index in [4.69, 9.17) is 9.84 Å². The van der Waals surface area contributed by atoms with Crippen molar-refractivity contribution in [1.82, 2.24) is 4.57 Å². The molecule has 0 saturated carbocycles. The summed E-state index contributed by atoms with van der Waals surface area (Å²) < 4.78 is 21.6. The van der Waals surface area contributed by atoms with Gasteiger partial charge in [-0.25, -0.2) is 9.18 Å². The summed E-state index contributed by atoms with van der Waals surface area (Å²) in [5, 5.41) is 21.9. The number of rotatable bonds is 8. The first kappa shape index (κ1) is 22.7. The van der Waals surface area contributed by atoms with Gasteiger partial charge >= 0.3 is 5.97 Å². The van der Waals surface area contributed by atoms with Crippen molar-refractivity contribution in [1.29, 1.82) is 0 Å². The predicted octanol–water partition coefficient (Wildman–Crippen LogP) is 3.70. The van der Waals surface area contributed by atoms with E-state index in [1.807, 2.05) is 31.2 Å². The molecule has 2 aromatic carbocycles. The number of carbonyl (C=O) groups is 1. The number of halogens is 1. The van der Waals surface area contributed by atoms with Crippen molar-refractivity contribution in [2.24, 2.45) is 12.2 Å². The third kappa shape index (κ3) is 5.21. The highest BCUT2D eigenvalue weighted by molar-refractivity contribution is 6.00. The number of benzene rings is 2. The number of carboxylic acid groups (broad SMARTS) is 1. The highest BCUT2D eigenvalue weighted by Gasteiger charge is 2.23. The zero-order valence-corrected chi connectivity index (χ0v) is 17.7. The first-order valence-corrected chi connectivity index (χ1v) is 9.87. The molecular formula is C24H23FN2O5. The van der Waals surface area contributed by atoms with Gasteiger partial charge in [-0.05, 0) is 35.7 Å². The van der Waals surface area contributed by atoms with Crippen molar-refractivity contribution >= 4 is 11.7 Å². The Hall–Kier alpha value is -3.94. The maximum absolute atomic E-state index is 15.1. The molecule has 0 radical (unpaired) electrons. The van der Waals surface area contributed by atoms with Crippen molar-refractivity contribution in [3.63, 3.8) is 0 Å². The van der Waals surface area contributed by atoms with E-state index in [1.165, 1.54) is 16.7 Å². The summed E-state index contributed by atoms with van der Waals surface area (Å²) in [5.74, 6) is -2.13. The lowest BCUT2D eigenvalue weighted by molar-refractivity contribution is -0.139. The van der Waals surface area contributed by atoms with Gasteiger partial charge in [0.15, 0.2) is 6.61 Å². The molecule has 1 heterocycles. The minimum atomic E-state index is -1.16. The van der Waals surface area contributed by atoms with Crippen molar-refractivity contribution < 1.29 is 24.2 Å². The highest BCUT2D eigenvalue weighted by atomic mass is 19.1. The Morgan fingerprint density at radius 1 is 1.16 bits per heavy atom. The van der Waals surface area contributed by atoms with E-state index in [-0.39, 0.29) is 17.7 Å². The molecule has 3 rings (SSSR count). The summed E-state index contributed by atoms with van der Waals surface area (Å²) in [6, 6.07) is 14.6. The molecule has 1 unspecified atom stereocenters. The Morgan fingerprint density at radius 3 is 2.53 bits per heavy atom. The van der Waals surface area contributed by atoms with Crippen LogP contribution in [0.25, 0.3) is 0 Å². The van der Waals surface area contributed by atoms with Crippen LogP contribution in [-0.4, -0.2) is 33.2 Å². The quantitative estimate of drug-likeness (QED) is 0.317. The van der Waals surface area contributed by atoms with E-state index >= 15 is 4.39 Å². The number of carboxylic acids is 1. The van der Waals surface area contributed by atoms with E-state index in [2.05, 4.69) is 5.16 Å². The number of aromatic nitrogens is 1. The summed E-state index contributed by atoms with van der Waals surface area (Å²) in [5.41, 5.74) is 2.74. The number of nitrogens with zero attached hydrogens (tertiary/aromatic N) is 2. The van der Waals surface area contributed by atoms with Crippen LogP contribution < -0.4 is 10.3 Å². The van der Waals surface area contributed by atoms with Crippen LogP contribution in [0.2, 0.25) is 0 Å². The molecule has 1 atom stereocenters. The van der Waals surface area contributed by atoms with Crippen LogP contribution in [0.5, 0.6) is 5.75 Å². The number of ether oxygens (including phenoxy) is 1. The molecule has 0 aliphatic rings. The summed E-state index contributed by atoms with van der Waals surface area (Å²) in [7, 11) is 1.59. The van der Waals surface area contributed by atoms with Crippen LogP contribution in [0.4, 0.5) is 4.39 Å². The molecule has 0 fully saturated rings. The minimum absolute atomic E-state index is 0.103. The fourth-order valence-corrected chi connectivity index (χ4v) is 3.56. The van der Waals surface area contributed by atoms with Crippen molar-refractivity contribution in [3.05, 3.63) is 99.2 Å². The first-order valence-electron chi connectivity index (χ1n) is 9.87. The predicted molar refractivity (Wildman–Crippen MR) is 117 cm³/mol. The molecule has 0 aliphatic heterocycles. The molecule has 166 valence electrons. The second kappa shape index (κ2) is 9.91. The molecule has 0 amide bonds. The number of aryl methyl sites for hydroxylation is 2. The van der Waals surface area contributed by atoms with Crippen LogP contribution >= 0.6 is 0 Å². The van der Waals surface area contributed by atoms with Crippen LogP contribution in [-0.2, 0) is 11.8 Å². The van der Waals surface area contributed by atoms with Gasteiger partial charge in [0.25, 0.3) is 0 Å². The van der Waals surface area contributed by atoms with Gasteiger partial charge in [-0.3, -0.25) is 4.79 Å². The molecule has 0 aliphatic carbocycles. The summed E-state index contributed by atoms with van der Waals surface area (Å²) >= 11 is 0. The average molecular weight is 438 g/mol. The van der Waals surface area contributed by atoms with Gasteiger partial charge in [0.2, 0.25) is 5.56 Å². The van der Waals surface area contributed by atoms with Crippen LogP contribution in [0.15, 0.2) is 70.7 Å². The Kier molecular flexibility index (Phi) is 7.04. The number of aliphatic carboxylic acids is 1. The lowest BCUT2D eigenvalue weighted by atomic mass is 9.83. The van der Waals surface area contributed by atoms with Gasteiger partial charge in [0, 0.05) is 43.3 Å². The molecule has 0 bridgehead atoms. The molecule has 0 saturated heterocycles. The third-order valence-corrected chi connectivity index (χ3v) is 5.21. The SMILES string of the molecule is Cc1ccccc1C(CC(=NO)c1ccc(=O)n(C)c1)c1ccc(OCC(=O)O)cc1F. The molecule has 3 aromatic rings. The minimum Gasteiger partial charge on any atom is -0.482 e. The monoisotopic (exact) mass is 438 g/mol. The fraction of sp³-hybridized carbons (Fsp3) is 0.208. The number of hydrogen-bond donors (Lipinski definition) is 2. The van der Waals surface area contributed by atoms with E-state index < -0.39 is 24.3 Å². The van der Waals surface area contributed by atoms with Gasteiger partial charge in [0.05, 0.1) is 5.71 Å². The zero-order chi connectivity index (χ0) is 23.3. The van der Waals surface area contributed by atoms with E-state index in [1.54, 1.807) is 25.4 Å². The molecule has 2 N–H and O–H groups in total. The van der Waals surface area contributed by atoms with Crippen molar-refractivity contribution in [2.45, 2.75) is 19.3 Å². The average Bonchev–Trinajstić information content (AvgIpc) is 2.76. The van der Waals surface area contributed by atoms with Gasteiger partial charge in [-0.15, -0.1) is 0 Å². The molecular weight excluding hydrogens is 415 g/mol. The topological polar surface area (TPSA) is 101 Å². The van der Waals surface area contributed by atoms with E-state index in [0.717, 1.165) is 17.2 Å². The summed E-state index contributed by atoms with van der Waals surface area (Å²) in [4.78, 5) is 22.4. The Bertz CT molecular complexity index is 1220. The summed E-state index contributed by atoms with van der Waals surface area (Å²) in [6.07, 6.45) is 1.72. The lowest BCUT2D eigenvalue weighted by Crippen LogP contribution is -2.18. The van der Waals surface area contributed by atoms with Crippen LogP contribution in [0.3, 0.4) is 0 Å². The van der Waals surface area contributed by atoms with Crippen LogP contribution in [0.1, 0.15) is 34.6 Å². The normalized spacial score (nSPS) is 12.4. The Morgan fingerprint density at radius 2 is 1.91 bits per heavy atom. The first-order chi connectivity index (χ1) is 15.3. The lowest BCUT2D eigenvalue weighted by Gasteiger charge is -2.22.